The zero-order valence-electron chi connectivity index (χ0n) is 12.1. The number of rotatable bonds is 4. The van der Waals surface area contributed by atoms with Crippen LogP contribution in [0.15, 0.2) is 22.7 Å². The molecule has 0 saturated carbocycles. The maximum atomic E-state index is 12.4. The summed E-state index contributed by atoms with van der Waals surface area (Å²) in [4.78, 5) is 14.7. The van der Waals surface area contributed by atoms with Crippen LogP contribution in [0.2, 0.25) is 0 Å². The molecule has 1 atom stereocenters. The Morgan fingerprint density at radius 3 is 2.67 bits per heavy atom. The number of hydrogen-bond donors (Lipinski definition) is 2. The van der Waals surface area contributed by atoms with Gasteiger partial charge in [0.05, 0.1) is 0 Å². The maximum Gasteiger partial charge on any atom is 0.244 e. The van der Waals surface area contributed by atoms with E-state index in [1.165, 1.54) is 6.42 Å². The van der Waals surface area contributed by atoms with Crippen molar-refractivity contribution in [3.63, 3.8) is 0 Å². The summed E-state index contributed by atoms with van der Waals surface area (Å²) in [6.07, 6.45) is 3.40. The lowest BCUT2D eigenvalue weighted by atomic mass is 10.1. The van der Waals surface area contributed by atoms with Crippen molar-refractivity contribution < 1.29 is 4.79 Å². The number of carbonyl (C=O) groups is 1. The average Bonchev–Trinajstić information content (AvgIpc) is 2.49. The number of anilines is 1. The van der Waals surface area contributed by atoms with E-state index < -0.39 is 0 Å². The second kappa shape index (κ2) is 7.22. The Balaban J connectivity index is 2.10. The molecule has 6 heteroatoms. The number of carbonyl (C=O) groups excluding carboxylic acids is 1. The maximum absolute atomic E-state index is 12.4. The first kappa shape index (κ1) is 16.2. The Labute approximate surface area is 139 Å². The number of nitrogens with two attached hydrogens (primary N) is 1. The van der Waals surface area contributed by atoms with Crippen LogP contribution in [0.5, 0.6) is 0 Å². The van der Waals surface area contributed by atoms with Crippen LogP contribution in [-0.2, 0) is 4.79 Å². The quantitative estimate of drug-likeness (QED) is 0.801. The summed E-state index contributed by atoms with van der Waals surface area (Å²) in [5.74, 6) is 0.131. The Morgan fingerprint density at radius 2 is 2.05 bits per heavy atom. The lowest BCUT2D eigenvalue weighted by Crippen LogP contribution is -2.44. The average molecular weight is 370 g/mol. The van der Waals surface area contributed by atoms with Gasteiger partial charge in [0, 0.05) is 28.8 Å². The second-order valence-electron chi connectivity index (χ2n) is 5.31. The van der Waals surface area contributed by atoms with Gasteiger partial charge >= 0.3 is 0 Å². The number of nitrogens with zero attached hydrogens (tertiary/aromatic N) is 1. The molecule has 0 aromatic heterocycles. The summed E-state index contributed by atoms with van der Waals surface area (Å²) in [5.41, 5.74) is 7.30. The second-order valence-corrected chi connectivity index (χ2v) is 6.66. The molecule has 0 aliphatic carbocycles. The molecule has 4 nitrogen and oxygen atoms in total. The number of benzene rings is 1. The van der Waals surface area contributed by atoms with Crippen LogP contribution in [0.25, 0.3) is 0 Å². The summed E-state index contributed by atoms with van der Waals surface area (Å²) >= 11 is 8.48. The largest absolute Gasteiger partial charge is 0.389 e. The fourth-order valence-corrected chi connectivity index (χ4v) is 3.06. The van der Waals surface area contributed by atoms with E-state index in [9.17, 15) is 4.79 Å². The lowest BCUT2D eigenvalue weighted by Gasteiger charge is -2.30. The van der Waals surface area contributed by atoms with Gasteiger partial charge in [-0.15, -0.1) is 0 Å². The third kappa shape index (κ3) is 4.17. The van der Waals surface area contributed by atoms with Gasteiger partial charge in [-0.2, -0.15) is 0 Å². The van der Waals surface area contributed by atoms with E-state index in [0.717, 1.165) is 41.7 Å². The van der Waals surface area contributed by atoms with Gasteiger partial charge < -0.3 is 16.0 Å². The molecule has 0 spiro atoms. The number of likely N-dealkylation sites (tertiary alicyclic amines) is 1. The van der Waals surface area contributed by atoms with Gasteiger partial charge in [-0.3, -0.25) is 4.79 Å². The molecular weight excluding hydrogens is 350 g/mol. The highest BCUT2D eigenvalue weighted by Crippen LogP contribution is 2.22. The molecule has 1 saturated heterocycles. The van der Waals surface area contributed by atoms with Crippen molar-refractivity contribution in [2.24, 2.45) is 5.73 Å². The van der Waals surface area contributed by atoms with Gasteiger partial charge in [-0.25, -0.2) is 0 Å². The fourth-order valence-electron chi connectivity index (χ4n) is 2.53. The van der Waals surface area contributed by atoms with Crippen LogP contribution in [-0.4, -0.2) is 34.9 Å². The molecule has 1 aromatic carbocycles. The van der Waals surface area contributed by atoms with Gasteiger partial charge in [0.15, 0.2) is 0 Å². The smallest absolute Gasteiger partial charge is 0.244 e. The topological polar surface area (TPSA) is 58.4 Å². The predicted octanol–water partition coefficient (Wildman–Crippen LogP) is 2.90. The van der Waals surface area contributed by atoms with E-state index in [0.29, 0.717) is 4.99 Å². The van der Waals surface area contributed by atoms with E-state index in [2.05, 4.69) is 21.2 Å². The molecule has 2 rings (SSSR count). The Morgan fingerprint density at radius 1 is 1.38 bits per heavy atom. The predicted molar refractivity (Wildman–Crippen MR) is 93.5 cm³/mol. The van der Waals surface area contributed by atoms with Gasteiger partial charge in [-0.05, 0) is 44.4 Å². The highest BCUT2D eigenvalue weighted by molar-refractivity contribution is 9.10. The lowest BCUT2D eigenvalue weighted by molar-refractivity contribution is -0.132. The van der Waals surface area contributed by atoms with Crippen molar-refractivity contribution in [1.82, 2.24) is 4.90 Å². The molecule has 1 aromatic rings. The van der Waals surface area contributed by atoms with Gasteiger partial charge in [0.1, 0.15) is 11.0 Å². The molecule has 3 N–H and O–H groups in total. The number of hydrogen-bond acceptors (Lipinski definition) is 3. The monoisotopic (exact) mass is 369 g/mol. The minimum Gasteiger partial charge on any atom is -0.389 e. The molecule has 1 unspecified atom stereocenters. The Kier molecular flexibility index (Phi) is 5.58. The summed E-state index contributed by atoms with van der Waals surface area (Å²) in [5, 5.41) is 3.24. The number of halogens is 1. The Hall–Kier alpha value is -1.14. The molecule has 0 radical (unpaired) electrons. The van der Waals surface area contributed by atoms with Crippen LogP contribution >= 0.6 is 28.1 Å². The number of amides is 1. The van der Waals surface area contributed by atoms with Crippen LogP contribution in [0, 0.1) is 0 Å². The Bertz CT molecular complexity index is 544. The van der Waals surface area contributed by atoms with Crippen molar-refractivity contribution in [2.75, 3.05) is 18.4 Å². The molecule has 0 bridgehead atoms. The minimum absolute atomic E-state index is 0.131. The SMILES string of the molecule is CC(Nc1ccc(Br)cc1C(N)=S)C(=O)N1CCCCC1. The van der Waals surface area contributed by atoms with E-state index in [1.54, 1.807) is 0 Å². The summed E-state index contributed by atoms with van der Waals surface area (Å²) in [7, 11) is 0. The summed E-state index contributed by atoms with van der Waals surface area (Å²) < 4.78 is 0.908. The van der Waals surface area contributed by atoms with Crippen LogP contribution < -0.4 is 11.1 Å². The highest BCUT2D eigenvalue weighted by Gasteiger charge is 2.22. The van der Waals surface area contributed by atoms with E-state index in [-0.39, 0.29) is 11.9 Å². The zero-order chi connectivity index (χ0) is 15.4. The van der Waals surface area contributed by atoms with Crippen LogP contribution in [0.1, 0.15) is 31.7 Å². The standard InChI is InChI=1S/C15H20BrN3OS/c1-10(15(20)19-7-3-2-4-8-19)18-13-6-5-11(16)9-12(13)14(17)21/h5-6,9-10,18H,2-4,7-8H2,1H3,(H2,17,21). The molecular formula is C15H20BrN3OS. The first-order valence-electron chi connectivity index (χ1n) is 7.13. The third-order valence-electron chi connectivity index (χ3n) is 3.66. The van der Waals surface area contributed by atoms with Crippen molar-refractivity contribution >= 4 is 44.7 Å². The minimum atomic E-state index is -0.294. The van der Waals surface area contributed by atoms with E-state index >= 15 is 0 Å². The zero-order valence-corrected chi connectivity index (χ0v) is 14.5. The molecule has 1 aliphatic rings. The molecule has 1 amide bonds. The first-order chi connectivity index (χ1) is 9.99. The molecule has 1 aliphatic heterocycles. The third-order valence-corrected chi connectivity index (χ3v) is 4.37. The number of thiocarbonyl (C=S) groups is 1. The highest BCUT2D eigenvalue weighted by atomic mass is 79.9. The summed E-state index contributed by atoms with van der Waals surface area (Å²) in [6.45, 7) is 3.59. The summed E-state index contributed by atoms with van der Waals surface area (Å²) in [6, 6.07) is 5.36. The molecule has 114 valence electrons. The van der Waals surface area contributed by atoms with Crippen LogP contribution in [0.3, 0.4) is 0 Å². The van der Waals surface area contributed by atoms with Crippen molar-refractivity contribution in [3.8, 4) is 0 Å². The van der Waals surface area contributed by atoms with Crippen molar-refractivity contribution in [1.29, 1.82) is 0 Å². The van der Waals surface area contributed by atoms with Crippen LogP contribution in [0.4, 0.5) is 5.69 Å². The first-order valence-corrected chi connectivity index (χ1v) is 8.34. The molecule has 1 heterocycles. The van der Waals surface area contributed by atoms with Gasteiger partial charge in [0.2, 0.25) is 5.91 Å². The van der Waals surface area contributed by atoms with E-state index in [1.807, 2.05) is 30.0 Å². The van der Waals surface area contributed by atoms with E-state index in [4.69, 9.17) is 18.0 Å². The van der Waals surface area contributed by atoms with Crippen molar-refractivity contribution in [3.05, 3.63) is 28.2 Å². The molecule has 1 fully saturated rings. The number of nitrogens with one attached hydrogen (secondary N) is 1. The van der Waals surface area contributed by atoms with Gasteiger partial charge in [0.25, 0.3) is 0 Å². The van der Waals surface area contributed by atoms with Crippen molar-refractivity contribution in [2.45, 2.75) is 32.2 Å². The normalized spacial score (nSPS) is 16.4. The number of piperidine rings is 1. The fraction of sp³-hybridized carbons (Fsp3) is 0.467. The molecule has 21 heavy (non-hydrogen) atoms. The van der Waals surface area contributed by atoms with Gasteiger partial charge in [-0.1, -0.05) is 28.1 Å².